The van der Waals surface area contributed by atoms with Crippen molar-refractivity contribution in [3.63, 3.8) is 0 Å². The van der Waals surface area contributed by atoms with Crippen LogP contribution in [0.25, 0.3) is 5.78 Å². The summed E-state index contributed by atoms with van der Waals surface area (Å²) in [6, 6.07) is 3.02. The molecule has 0 spiro atoms. The van der Waals surface area contributed by atoms with Crippen molar-refractivity contribution in [2.45, 2.75) is 18.9 Å². The van der Waals surface area contributed by atoms with Gasteiger partial charge in [0.05, 0.1) is 0 Å². The largest absolute Gasteiger partial charge is 0.275 e. The molecule has 0 N–H and O–H groups in total. The molecule has 1 aliphatic carbocycles. The fraction of sp³-hybridized carbons (Fsp3) is 0.300. The highest BCUT2D eigenvalue weighted by Gasteiger charge is 2.26. The molecule has 0 radical (unpaired) electrons. The quantitative estimate of drug-likeness (QED) is 0.664. The van der Waals surface area contributed by atoms with E-state index in [2.05, 4.69) is 4.98 Å². The van der Waals surface area contributed by atoms with E-state index in [1.807, 2.05) is 0 Å². The zero-order valence-corrected chi connectivity index (χ0v) is 7.96. The molecule has 76 valence electrons. The molecular formula is C10H9N3O2. The third-order valence-electron chi connectivity index (χ3n) is 2.59. The summed E-state index contributed by atoms with van der Waals surface area (Å²) in [4.78, 5) is 27.2. The molecule has 15 heavy (non-hydrogen) atoms. The zero-order chi connectivity index (χ0) is 10.4. The van der Waals surface area contributed by atoms with Gasteiger partial charge in [0.2, 0.25) is 5.78 Å². The van der Waals surface area contributed by atoms with Crippen LogP contribution in [0.1, 0.15) is 18.9 Å². The normalized spacial score (nSPS) is 15.7. The van der Waals surface area contributed by atoms with Gasteiger partial charge < -0.3 is 0 Å². The third kappa shape index (κ3) is 1.20. The minimum atomic E-state index is -0.158. The van der Waals surface area contributed by atoms with Crippen LogP contribution >= 0.6 is 0 Å². The second kappa shape index (κ2) is 2.79. The van der Waals surface area contributed by atoms with Crippen LogP contribution in [-0.4, -0.2) is 14.0 Å². The van der Waals surface area contributed by atoms with E-state index in [9.17, 15) is 9.59 Å². The molecule has 2 aromatic rings. The Kier molecular flexibility index (Phi) is 1.56. The Morgan fingerprint density at radius 1 is 1.20 bits per heavy atom. The van der Waals surface area contributed by atoms with Crippen LogP contribution in [0.5, 0.6) is 0 Å². The molecule has 1 fully saturated rings. The topological polar surface area (TPSA) is 56.4 Å². The monoisotopic (exact) mass is 203 g/mol. The van der Waals surface area contributed by atoms with Gasteiger partial charge in [0.1, 0.15) is 0 Å². The Morgan fingerprint density at radius 3 is 2.73 bits per heavy atom. The van der Waals surface area contributed by atoms with E-state index in [1.165, 1.54) is 28.9 Å². The third-order valence-corrected chi connectivity index (χ3v) is 2.59. The molecule has 0 atom stereocenters. The first-order valence-electron chi connectivity index (χ1n) is 4.86. The highest BCUT2D eigenvalue weighted by Crippen LogP contribution is 2.33. The standard InChI is InChI=1S/C10H9N3O2/c14-8-3-5-11-10-12(8)6-4-9(15)13(10)7-1-2-7/h3-7H,1-2H2. The van der Waals surface area contributed by atoms with Gasteiger partial charge in [-0.05, 0) is 12.8 Å². The van der Waals surface area contributed by atoms with E-state index in [1.54, 1.807) is 4.57 Å². The molecule has 0 bridgehead atoms. The zero-order valence-electron chi connectivity index (χ0n) is 7.96. The van der Waals surface area contributed by atoms with Crippen molar-refractivity contribution in [3.8, 4) is 0 Å². The minimum absolute atomic E-state index is 0.0874. The molecular weight excluding hydrogens is 194 g/mol. The van der Waals surface area contributed by atoms with Gasteiger partial charge in [-0.2, -0.15) is 0 Å². The number of rotatable bonds is 1. The van der Waals surface area contributed by atoms with Gasteiger partial charge in [0, 0.05) is 30.6 Å². The fourth-order valence-electron chi connectivity index (χ4n) is 1.72. The Morgan fingerprint density at radius 2 is 2.00 bits per heavy atom. The van der Waals surface area contributed by atoms with Crippen molar-refractivity contribution in [2.75, 3.05) is 0 Å². The number of aromatic nitrogens is 3. The van der Waals surface area contributed by atoms with E-state index in [0.717, 1.165) is 12.8 Å². The summed E-state index contributed by atoms with van der Waals surface area (Å²) in [6.07, 6.45) is 4.90. The van der Waals surface area contributed by atoms with E-state index in [4.69, 9.17) is 0 Å². The molecule has 2 aromatic heterocycles. The molecule has 1 saturated carbocycles. The van der Waals surface area contributed by atoms with E-state index in [-0.39, 0.29) is 17.2 Å². The van der Waals surface area contributed by atoms with Crippen LogP contribution in [0.3, 0.4) is 0 Å². The Labute approximate surface area is 84.6 Å². The van der Waals surface area contributed by atoms with E-state index >= 15 is 0 Å². The van der Waals surface area contributed by atoms with Crippen LogP contribution in [0.2, 0.25) is 0 Å². The predicted octanol–water partition coefficient (Wildman–Crippen LogP) is 0.191. The molecule has 5 nitrogen and oxygen atoms in total. The molecule has 0 aliphatic heterocycles. The van der Waals surface area contributed by atoms with Gasteiger partial charge in [0.25, 0.3) is 11.1 Å². The summed E-state index contributed by atoms with van der Waals surface area (Å²) in [7, 11) is 0. The lowest BCUT2D eigenvalue weighted by molar-refractivity contribution is 0.696. The molecule has 0 unspecified atom stereocenters. The lowest BCUT2D eigenvalue weighted by Gasteiger charge is -2.06. The van der Waals surface area contributed by atoms with Crippen molar-refractivity contribution in [1.29, 1.82) is 0 Å². The van der Waals surface area contributed by atoms with Crippen LogP contribution in [-0.2, 0) is 0 Å². The molecule has 2 heterocycles. The average Bonchev–Trinajstić information content (AvgIpc) is 3.01. The van der Waals surface area contributed by atoms with Crippen LogP contribution in [0.15, 0.2) is 34.1 Å². The van der Waals surface area contributed by atoms with Gasteiger partial charge in [0.15, 0.2) is 0 Å². The van der Waals surface area contributed by atoms with Crippen molar-refractivity contribution in [1.82, 2.24) is 14.0 Å². The van der Waals surface area contributed by atoms with Crippen molar-refractivity contribution in [2.24, 2.45) is 0 Å². The van der Waals surface area contributed by atoms with Gasteiger partial charge in [-0.25, -0.2) is 4.98 Å². The number of hydrogen-bond donors (Lipinski definition) is 0. The van der Waals surface area contributed by atoms with Gasteiger partial charge in [-0.3, -0.25) is 18.6 Å². The minimum Gasteiger partial charge on any atom is -0.275 e. The van der Waals surface area contributed by atoms with Crippen LogP contribution in [0.4, 0.5) is 0 Å². The van der Waals surface area contributed by atoms with Crippen molar-refractivity contribution < 1.29 is 0 Å². The Bertz CT molecular complexity index is 637. The van der Waals surface area contributed by atoms with Crippen molar-refractivity contribution >= 4 is 5.78 Å². The van der Waals surface area contributed by atoms with E-state index in [0.29, 0.717) is 5.78 Å². The molecule has 5 heteroatoms. The van der Waals surface area contributed by atoms with Gasteiger partial charge in [-0.15, -0.1) is 0 Å². The summed E-state index contributed by atoms with van der Waals surface area (Å²) in [5.74, 6) is 0.442. The first-order chi connectivity index (χ1) is 7.27. The lowest BCUT2D eigenvalue weighted by atomic mass is 10.5. The number of hydrogen-bond acceptors (Lipinski definition) is 3. The summed E-state index contributed by atoms with van der Waals surface area (Å²) >= 11 is 0. The lowest BCUT2D eigenvalue weighted by Crippen LogP contribution is -2.26. The average molecular weight is 203 g/mol. The number of nitrogens with zero attached hydrogens (tertiary/aromatic N) is 3. The van der Waals surface area contributed by atoms with Crippen LogP contribution in [0, 0.1) is 0 Å². The maximum absolute atomic E-state index is 11.6. The first-order valence-corrected chi connectivity index (χ1v) is 4.86. The smallest absolute Gasteiger partial charge is 0.258 e. The van der Waals surface area contributed by atoms with Crippen LogP contribution < -0.4 is 11.1 Å². The predicted molar refractivity (Wildman–Crippen MR) is 54.0 cm³/mol. The summed E-state index contributed by atoms with van der Waals surface area (Å²) in [6.45, 7) is 0. The SMILES string of the molecule is O=c1ccn2c(=O)ccnc2n1C1CC1. The summed E-state index contributed by atoms with van der Waals surface area (Å²) < 4.78 is 3.00. The highest BCUT2D eigenvalue weighted by atomic mass is 16.1. The number of fused-ring (bicyclic) bond motifs is 1. The maximum atomic E-state index is 11.6. The molecule has 3 rings (SSSR count). The van der Waals surface area contributed by atoms with Gasteiger partial charge >= 0.3 is 0 Å². The van der Waals surface area contributed by atoms with Gasteiger partial charge in [-0.1, -0.05) is 0 Å². The Hall–Kier alpha value is -1.91. The second-order valence-electron chi connectivity index (χ2n) is 3.71. The summed E-state index contributed by atoms with van der Waals surface area (Å²) in [5.41, 5.74) is -0.245. The fourth-order valence-corrected chi connectivity index (χ4v) is 1.72. The molecule has 0 saturated heterocycles. The Balaban J connectivity index is 2.50. The second-order valence-corrected chi connectivity index (χ2v) is 3.71. The first kappa shape index (κ1) is 8.40. The highest BCUT2D eigenvalue weighted by molar-refractivity contribution is 5.29. The van der Waals surface area contributed by atoms with Crippen molar-refractivity contribution in [3.05, 3.63) is 45.2 Å². The summed E-state index contributed by atoms with van der Waals surface area (Å²) in [5, 5.41) is 0. The van der Waals surface area contributed by atoms with E-state index < -0.39 is 0 Å². The molecule has 1 aliphatic rings. The molecule has 0 amide bonds. The molecule has 0 aromatic carbocycles. The maximum Gasteiger partial charge on any atom is 0.258 e.